The van der Waals surface area contributed by atoms with Crippen LogP contribution in [0.15, 0.2) is 23.1 Å². The van der Waals surface area contributed by atoms with Gasteiger partial charge in [-0.25, -0.2) is 0 Å². The summed E-state index contributed by atoms with van der Waals surface area (Å²) >= 11 is 1.83. The van der Waals surface area contributed by atoms with Crippen molar-refractivity contribution in [3.8, 4) is 5.75 Å². The van der Waals surface area contributed by atoms with Crippen molar-refractivity contribution in [1.29, 1.82) is 0 Å². The van der Waals surface area contributed by atoms with Gasteiger partial charge in [-0.2, -0.15) is 0 Å². The molecule has 3 N–H and O–H groups in total. The first-order valence-corrected chi connectivity index (χ1v) is 5.59. The number of hydrogen-bond donors (Lipinski definition) is 2. The Labute approximate surface area is 88.0 Å². The van der Waals surface area contributed by atoms with Gasteiger partial charge in [0, 0.05) is 28.9 Å². The highest BCUT2D eigenvalue weighted by molar-refractivity contribution is 7.99. The average molecular weight is 210 g/mol. The molecule has 1 aliphatic rings. The molecule has 0 radical (unpaired) electrons. The summed E-state index contributed by atoms with van der Waals surface area (Å²) in [5.41, 5.74) is 6.78. The van der Waals surface area contributed by atoms with Crippen LogP contribution in [0.5, 0.6) is 5.75 Å². The first-order valence-electron chi connectivity index (χ1n) is 4.61. The van der Waals surface area contributed by atoms with Gasteiger partial charge in [-0.05, 0) is 18.2 Å². The van der Waals surface area contributed by atoms with Crippen LogP contribution < -0.4 is 15.8 Å². The fourth-order valence-electron chi connectivity index (χ4n) is 1.45. The monoisotopic (exact) mass is 210 g/mol. The van der Waals surface area contributed by atoms with E-state index in [9.17, 15) is 0 Å². The molecule has 1 heterocycles. The topological polar surface area (TPSA) is 47.3 Å². The molecule has 0 aromatic heterocycles. The highest BCUT2D eigenvalue weighted by atomic mass is 32.2. The second kappa shape index (κ2) is 4.11. The predicted molar refractivity (Wildman–Crippen MR) is 60.2 cm³/mol. The van der Waals surface area contributed by atoms with Crippen LogP contribution in [-0.4, -0.2) is 25.4 Å². The molecule has 0 amide bonds. The highest BCUT2D eigenvalue weighted by Gasteiger charge is 2.16. The molecule has 1 aromatic rings. The largest absolute Gasteiger partial charge is 0.497 e. The quantitative estimate of drug-likeness (QED) is 0.777. The standard InChI is InChI=1S/C10H14N2OS/c1-13-8-2-3-9-10(4-8)14-6-7(5-11)12-9/h2-4,7,12H,5-6,11H2,1H3. The maximum absolute atomic E-state index is 5.62. The number of rotatable bonds is 2. The summed E-state index contributed by atoms with van der Waals surface area (Å²) in [6.45, 7) is 0.679. The molecule has 0 aliphatic carbocycles. The fourth-order valence-corrected chi connectivity index (χ4v) is 2.53. The lowest BCUT2D eigenvalue weighted by atomic mass is 10.2. The van der Waals surface area contributed by atoms with Gasteiger partial charge in [-0.15, -0.1) is 11.8 Å². The van der Waals surface area contributed by atoms with Gasteiger partial charge in [0.2, 0.25) is 0 Å². The third kappa shape index (κ3) is 1.81. The fraction of sp³-hybridized carbons (Fsp3) is 0.400. The molecule has 4 heteroatoms. The zero-order chi connectivity index (χ0) is 9.97. The number of thioether (sulfide) groups is 1. The number of hydrogen-bond acceptors (Lipinski definition) is 4. The molecular weight excluding hydrogens is 196 g/mol. The molecule has 0 saturated heterocycles. The Morgan fingerprint density at radius 2 is 2.50 bits per heavy atom. The Bertz CT molecular complexity index is 330. The molecule has 3 nitrogen and oxygen atoms in total. The van der Waals surface area contributed by atoms with Crippen molar-refractivity contribution in [3.63, 3.8) is 0 Å². The van der Waals surface area contributed by atoms with E-state index < -0.39 is 0 Å². The SMILES string of the molecule is COc1ccc2c(c1)SCC(CN)N2. The van der Waals surface area contributed by atoms with Crippen LogP contribution in [0.3, 0.4) is 0 Å². The smallest absolute Gasteiger partial charge is 0.120 e. The zero-order valence-electron chi connectivity index (χ0n) is 8.12. The summed E-state index contributed by atoms with van der Waals surface area (Å²) in [4.78, 5) is 1.24. The number of nitrogens with two attached hydrogens (primary N) is 1. The Morgan fingerprint density at radius 1 is 1.64 bits per heavy atom. The van der Waals surface area contributed by atoms with Gasteiger partial charge < -0.3 is 15.8 Å². The second-order valence-corrected chi connectivity index (χ2v) is 4.31. The van der Waals surface area contributed by atoms with Gasteiger partial charge in [-0.1, -0.05) is 0 Å². The molecule has 2 rings (SSSR count). The van der Waals surface area contributed by atoms with E-state index in [1.54, 1.807) is 7.11 Å². The minimum Gasteiger partial charge on any atom is -0.497 e. The molecular formula is C10H14N2OS. The van der Waals surface area contributed by atoms with Gasteiger partial charge in [-0.3, -0.25) is 0 Å². The Morgan fingerprint density at radius 3 is 3.21 bits per heavy atom. The molecule has 1 aliphatic heterocycles. The number of ether oxygens (including phenoxy) is 1. The number of fused-ring (bicyclic) bond motifs is 1. The number of benzene rings is 1. The first kappa shape index (κ1) is 9.68. The molecule has 76 valence electrons. The van der Waals surface area contributed by atoms with E-state index in [4.69, 9.17) is 10.5 Å². The van der Waals surface area contributed by atoms with Crippen molar-refractivity contribution >= 4 is 17.4 Å². The average Bonchev–Trinajstić information content (AvgIpc) is 2.27. The minimum absolute atomic E-state index is 0.390. The highest BCUT2D eigenvalue weighted by Crippen LogP contribution is 2.35. The van der Waals surface area contributed by atoms with Gasteiger partial charge in [0.1, 0.15) is 5.75 Å². The Hall–Kier alpha value is -0.870. The summed E-state index contributed by atoms with van der Waals surface area (Å²) < 4.78 is 5.17. The molecule has 1 unspecified atom stereocenters. The van der Waals surface area contributed by atoms with E-state index >= 15 is 0 Å². The lowest BCUT2D eigenvalue weighted by Gasteiger charge is -2.25. The lowest BCUT2D eigenvalue weighted by Crippen LogP contribution is -2.33. The van der Waals surface area contributed by atoms with Crippen LogP contribution in [-0.2, 0) is 0 Å². The maximum Gasteiger partial charge on any atom is 0.120 e. The minimum atomic E-state index is 0.390. The van der Waals surface area contributed by atoms with Crippen LogP contribution in [0.25, 0.3) is 0 Å². The summed E-state index contributed by atoms with van der Waals surface area (Å²) in [6.07, 6.45) is 0. The number of methoxy groups -OCH3 is 1. The van der Waals surface area contributed by atoms with Crippen molar-refractivity contribution < 1.29 is 4.74 Å². The van der Waals surface area contributed by atoms with E-state index in [2.05, 4.69) is 11.4 Å². The Kier molecular flexibility index (Phi) is 2.84. The van der Waals surface area contributed by atoms with Crippen LogP contribution in [0, 0.1) is 0 Å². The maximum atomic E-state index is 5.62. The second-order valence-electron chi connectivity index (χ2n) is 3.25. The molecule has 0 fully saturated rings. The molecule has 1 atom stereocenters. The van der Waals surface area contributed by atoms with Crippen molar-refractivity contribution in [1.82, 2.24) is 0 Å². The van der Waals surface area contributed by atoms with Crippen LogP contribution in [0.2, 0.25) is 0 Å². The van der Waals surface area contributed by atoms with Crippen molar-refractivity contribution in [2.75, 3.05) is 24.7 Å². The molecule has 0 bridgehead atoms. The lowest BCUT2D eigenvalue weighted by molar-refractivity contribution is 0.413. The first-order chi connectivity index (χ1) is 6.83. The van der Waals surface area contributed by atoms with Crippen LogP contribution in [0.1, 0.15) is 0 Å². The van der Waals surface area contributed by atoms with Crippen molar-refractivity contribution in [3.05, 3.63) is 18.2 Å². The van der Waals surface area contributed by atoms with Gasteiger partial charge >= 0.3 is 0 Å². The number of nitrogens with one attached hydrogen (secondary N) is 1. The molecule has 0 spiro atoms. The summed E-state index contributed by atoms with van der Waals surface area (Å²) in [5, 5.41) is 3.40. The van der Waals surface area contributed by atoms with E-state index in [1.165, 1.54) is 4.90 Å². The molecule has 0 saturated carbocycles. The molecule has 14 heavy (non-hydrogen) atoms. The summed E-state index contributed by atoms with van der Waals surface area (Å²) in [6, 6.07) is 6.45. The van der Waals surface area contributed by atoms with Crippen molar-refractivity contribution in [2.45, 2.75) is 10.9 Å². The normalized spacial score (nSPS) is 19.7. The van der Waals surface area contributed by atoms with E-state index in [0.29, 0.717) is 12.6 Å². The number of anilines is 1. The summed E-state index contributed by atoms with van der Waals surface area (Å²) in [5.74, 6) is 1.93. The van der Waals surface area contributed by atoms with E-state index in [0.717, 1.165) is 17.2 Å². The molecule has 1 aromatic carbocycles. The third-order valence-corrected chi connectivity index (χ3v) is 3.49. The zero-order valence-corrected chi connectivity index (χ0v) is 8.93. The van der Waals surface area contributed by atoms with Crippen LogP contribution in [0.4, 0.5) is 5.69 Å². The van der Waals surface area contributed by atoms with Gasteiger partial charge in [0.25, 0.3) is 0 Å². The van der Waals surface area contributed by atoms with Gasteiger partial charge in [0.15, 0.2) is 0 Å². The van der Waals surface area contributed by atoms with Crippen LogP contribution >= 0.6 is 11.8 Å². The Balaban J connectivity index is 2.23. The summed E-state index contributed by atoms with van der Waals surface area (Å²) in [7, 11) is 1.69. The predicted octanol–water partition coefficient (Wildman–Crippen LogP) is 1.54. The van der Waals surface area contributed by atoms with Gasteiger partial charge in [0.05, 0.1) is 7.11 Å². The van der Waals surface area contributed by atoms with E-state index in [-0.39, 0.29) is 0 Å². The van der Waals surface area contributed by atoms with Crippen molar-refractivity contribution in [2.24, 2.45) is 5.73 Å². The van der Waals surface area contributed by atoms with E-state index in [1.807, 2.05) is 23.9 Å². The third-order valence-electron chi connectivity index (χ3n) is 2.27.